The van der Waals surface area contributed by atoms with Crippen LogP contribution < -0.4 is 14.8 Å². The second kappa shape index (κ2) is 8.64. The summed E-state index contributed by atoms with van der Waals surface area (Å²) in [5.74, 6) is 2.08. The number of hydrogen-bond donors (Lipinski definition) is 1. The molecule has 2 unspecified atom stereocenters. The molecule has 4 nitrogen and oxygen atoms in total. The average molecular weight is 364 g/mol. The third-order valence-electron chi connectivity index (χ3n) is 2.72. The van der Waals surface area contributed by atoms with Crippen LogP contribution in [0.15, 0.2) is 16.6 Å². The van der Waals surface area contributed by atoms with Gasteiger partial charge in [-0.3, -0.25) is 4.21 Å². The minimum atomic E-state index is -0.787. The lowest BCUT2D eigenvalue weighted by atomic mass is 10.2. The lowest BCUT2D eigenvalue weighted by molar-refractivity contribution is 0.308. The highest BCUT2D eigenvalue weighted by molar-refractivity contribution is 9.10. The van der Waals surface area contributed by atoms with E-state index < -0.39 is 10.8 Å². The van der Waals surface area contributed by atoms with Crippen molar-refractivity contribution >= 4 is 26.7 Å². The van der Waals surface area contributed by atoms with Crippen molar-refractivity contribution in [2.45, 2.75) is 26.4 Å². The molecule has 0 radical (unpaired) electrons. The Bertz CT molecular complexity index is 468. The predicted molar refractivity (Wildman–Crippen MR) is 87.1 cm³/mol. The van der Waals surface area contributed by atoms with Crippen molar-refractivity contribution in [2.75, 3.05) is 25.7 Å². The zero-order valence-corrected chi connectivity index (χ0v) is 14.8. The van der Waals surface area contributed by atoms with Gasteiger partial charge in [-0.2, -0.15) is 0 Å². The monoisotopic (exact) mass is 363 g/mol. The lowest BCUT2D eigenvalue weighted by Gasteiger charge is -2.16. The summed E-state index contributed by atoms with van der Waals surface area (Å²) in [6.07, 6.45) is 1.72. The van der Waals surface area contributed by atoms with E-state index in [1.54, 1.807) is 13.4 Å². The van der Waals surface area contributed by atoms with Crippen molar-refractivity contribution in [3.05, 3.63) is 22.2 Å². The molecule has 2 atom stereocenters. The summed E-state index contributed by atoms with van der Waals surface area (Å²) < 4.78 is 23.0. The first-order chi connectivity index (χ1) is 9.47. The Morgan fingerprint density at radius 1 is 1.45 bits per heavy atom. The fourth-order valence-electron chi connectivity index (χ4n) is 1.86. The summed E-state index contributed by atoms with van der Waals surface area (Å²) in [5, 5.41) is 3.35. The Hall–Kier alpha value is -0.590. The third-order valence-corrected chi connectivity index (χ3v) is 4.28. The van der Waals surface area contributed by atoms with Crippen molar-refractivity contribution in [1.82, 2.24) is 5.32 Å². The topological polar surface area (TPSA) is 47.6 Å². The highest BCUT2D eigenvalue weighted by atomic mass is 79.9. The van der Waals surface area contributed by atoms with Gasteiger partial charge in [0.1, 0.15) is 0 Å². The molecule has 0 saturated heterocycles. The van der Waals surface area contributed by atoms with Crippen molar-refractivity contribution in [2.24, 2.45) is 0 Å². The molecule has 0 heterocycles. The molecule has 0 saturated carbocycles. The van der Waals surface area contributed by atoms with Crippen LogP contribution in [0.5, 0.6) is 11.5 Å². The van der Waals surface area contributed by atoms with Gasteiger partial charge in [-0.1, -0.05) is 0 Å². The molecule has 0 aliphatic rings. The normalized spacial score (nSPS) is 13.8. The molecule has 0 amide bonds. The molecule has 1 aromatic rings. The zero-order valence-electron chi connectivity index (χ0n) is 12.4. The zero-order chi connectivity index (χ0) is 15.1. The van der Waals surface area contributed by atoms with Crippen LogP contribution in [0.1, 0.15) is 19.4 Å². The van der Waals surface area contributed by atoms with E-state index in [1.165, 1.54) is 0 Å². The average Bonchev–Trinajstić information content (AvgIpc) is 2.38. The number of hydrogen-bond acceptors (Lipinski definition) is 4. The second-order valence-electron chi connectivity index (χ2n) is 4.56. The van der Waals surface area contributed by atoms with E-state index in [4.69, 9.17) is 9.47 Å². The van der Waals surface area contributed by atoms with E-state index in [9.17, 15) is 4.21 Å². The molecular formula is C14H22BrNO3S. The van der Waals surface area contributed by atoms with Crippen LogP contribution in [-0.4, -0.2) is 36.0 Å². The van der Waals surface area contributed by atoms with Gasteiger partial charge >= 0.3 is 0 Å². The minimum absolute atomic E-state index is 0.206. The van der Waals surface area contributed by atoms with Crippen LogP contribution in [0, 0.1) is 0 Å². The fraction of sp³-hybridized carbons (Fsp3) is 0.571. The SMILES string of the molecule is CCOc1c(Br)cc(CNC(C)CS(C)=O)cc1OC. The molecule has 0 bridgehead atoms. The molecule has 0 aliphatic carbocycles. The Morgan fingerprint density at radius 3 is 2.70 bits per heavy atom. The molecule has 0 spiro atoms. The van der Waals surface area contributed by atoms with Gasteiger partial charge in [0, 0.05) is 35.4 Å². The number of methoxy groups -OCH3 is 1. The minimum Gasteiger partial charge on any atom is -0.493 e. The predicted octanol–water partition coefficient (Wildman–Crippen LogP) is 2.71. The molecule has 20 heavy (non-hydrogen) atoms. The maximum absolute atomic E-state index is 11.2. The van der Waals surface area contributed by atoms with Gasteiger partial charge in [-0.05, 0) is 47.5 Å². The standard InChI is InChI=1S/C14H22BrNO3S/c1-5-19-14-12(15)6-11(7-13(14)18-3)8-16-10(2)9-20(4)17/h6-7,10,16H,5,8-9H2,1-4H3. The van der Waals surface area contributed by atoms with E-state index >= 15 is 0 Å². The first-order valence-corrected chi connectivity index (χ1v) is 9.02. The van der Waals surface area contributed by atoms with Crippen LogP contribution in [0.3, 0.4) is 0 Å². The van der Waals surface area contributed by atoms with Gasteiger partial charge in [0.05, 0.1) is 18.2 Å². The number of rotatable bonds is 8. The van der Waals surface area contributed by atoms with Gasteiger partial charge in [0.15, 0.2) is 11.5 Å². The second-order valence-corrected chi connectivity index (χ2v) is 6.90. The van der Waals surface area contributed by atoms with E-state index in [0.717, 1.165) is 15.8 Å². The van der Waals surface area contributed by atoms with Gasteiger partial charge < -0.3 is 14.8 Å². The molecule has 0 aliphatic heterocycles. The number of ether oxygens (including phenoxy) is 2. The van der Waals surface area contributed by atoms with E-state index in [0.29, 0.717) is 24.7 Å². The number of benzene rings is 1. The van der Waals surface area contributed by atoms with E-state index in [1.807, 2.05) is 26.0 Å². The summed E-state index contributed by atoms with van der Waals surface area (Å²) in [6.45, 7) is 5.25. The molecule has 114 valence electrons. The van der Waals surface area contributed by atoms with Crippen LogP contribution >= 0.6 is 15.9 Å². The largest absolute Gasteiger partial charge is 0.493 e. The van der Waals surface area contributed by atoms with Crippen LogP contribution in [0.2, 0.25) is 0 Å². The molecule has 6 heteroatoms. The molecule has 0 aromatic heterocycles. The van der Waals surface area contributed by atoms with E-state index in [2.05, 4.69) is 21.2 Å². The molecular weight excluding hydrogens is 342 g/mol. The van der Waals surface area contributed by atoms with Crippen molar-refractivity contribution in [1.29, 1.82) is 0 Å². The Labute approximate surface area is 131 Å². The Kier molecular flexibility index (Phi) is 7.55. The van der Waals surface area contributed by atoms with E-state index in [-0.39, 0.29) is 6.04 Å². The highest BCUT2D eigenvalue weighted by Gasteiger charge is 2.12. The van der Waals surface area contributed by atoms with Gasteiger partial charge in [0.25, 0.3) is 0 Å². The van der Waals surface area contributed by atoms with Crippen LogP contribution in [0.25, 0.3) is 0 Å². The molecule has 1 rings (SSSR count). The molecule has 1 N–H and O–H groups in total. The lowest BCUT2D eigenvalue weighted by Crippen LogP contribution is -2.30. The fourth-order valence-corrected chi connectivity index (χ4v) is 3.29. The van der Waals surface area contributed by atoms with Crippen molar-refractivity contribution < 1.29 is 13.7 Å². The van der Waals surface area contributed by atoms with Crippen molar-refractivity contribution in [3.8, 4) is 11.5 Å². The summed E-state index contributed by atoms with van der Waals surface area (Å²) in [7, 11) is 0.843. The van der Waals surface area contributed by atoms with Gasteiger partial charge in [-0.15, -0.1) is 0 Å². The smallest absolute Gasteiger partial charge is 0.175 e. The first kappa shape index (κ1) is 17.5. The third kappa shape index (κ3) is 5.42. The molecule has 0 fully saturated rings. The Balaban J connectivity index is 2.76. The summed E-state index contributed by atoms with van der Waals surface area (Å²) in [5.41, 5.74) is 1.09. The summed E-state index contributed by atoms with van der Waals surface area (Å²) >= 11 is 3.51. The van der Waals surface area contributed by atoms with Crippen LogP contribution in [-0.2, 0) is 17.3 Å². The summed E-state index contributed by atoms with van der Waals surface area (Å²) in [6, 6.07) is 4.17. The number of halogens is 1. The first-order valence-electron chi connectivity index (χ1n) is 6.50. The Morgan fingerprint density at radius 2 is 2.15 bits per heavy atom. The molecule has 1 aromatic carbocycles. The van der Waals surface area contributed by atoms with Crippen molar-refractivity contribution in [3.63, 3.8) is 0 Å². The highest BCUT2D eigenvalue weighted by Crippen LogP contribution is 2.36. The maximum atomic E-state index is 11.2. The maximum Gasteiger partial charge on any atom is 0.175 e. The quantitative estimate of drug-likeness (QED) is 0.771. The summed E-state index contributed by atoms with van der Waals surface area (Å²) in [4.78, 5) is 0. The van der Waals surface area contributed by atoms with Crippen LogP contribution in [0.4, 0.5) is 0 Å². The van der Waals surface area contributed by atoms with Gasteiger partial charge in [0.2, 0.25) is 0 Å². The number of nitrogens with one attached hydrogen (secondary N) is 1. The van der Waals surface area contributed by atoms with Gasteiger partial charge in [-0.25, -0.2) is 0 Å².